The third-order valence-electron chi connectivity index (χ3n) is 3.29. The smallest absolute Gasteiger partial charge is 0.165 e. The van der Waals surface area contributed by atoms with Crippen LogP contribution in [0.5, 0.6) is 0 Å². The van der Waals surface area contributed by atoms with Crippen molar-refractivity contribution < 1.29 is 14.6 Å². The summed E-state index contributed by atoms with van der Waals surface area (Å²) in [5.74, 6) is 0. The Morgan fingerprint density at radius 1 is 1.08 bits per heavy atom. The van der Waals surface area contributed by atoms with E-state index < -0.39 is 0 Å². The van der Waals surface area contributed by atoms with Gasteiger partial charge in [0.05, 0.1) is 19.8 Å². The number of hydrogen-bond acceptors (Lipinski definition) is 3. The minimum Gasteiger partial charge on any atom is -0.396 e. The maximum atomic E-state index is 9.44. The lowest BCUT2D eigenvalue weighted by molar-refractivity contribution is -0.162. The molecule has 13 heavy (non-hydrogen) atoms. The van der Waals surface area contributed by atoms with Crippen molar-refractivity contribution in [3.63, 3.8) is 0 Å². The van der Waals surface area contributed by atoms with E-state index in [0.29, 0.717) is 13.2 Å². The summed E-state index contributed by atoms with van der Waals surface area (Å²) in [4.78, 5) is 0. The highest BCUT2D eigenvalue weighted by Crippen LogP contribution is 2.41. The lowest BCUT2D eigenvalue weighted by Gasteiger charge is -2.38. The normalized spacial score (nSPS) is 29.3. The second-order valence-corrected chi connectivity index (χ2v) is 4.15. The molecule has 76 valence electrons. The van der Waals surface area contributed by atoms with E-state index >= 15 is 0 Å². The number of rotatable bonds is 2. The maximum Gasteiger partial charge on any atom is 0.165 e. The van der Waals surface area contributed by atoms with Crippen molar-refractivity contribution in [3.8, 4) is 0 Å². The fourth-order valence-electron chi connectivity index (χ4n) is 2.44. The van der Waals surface area contributed by atoms with E-state index in [0.717, 1.165) is 12.8 Å². The van der Waals surface area contributed by atoms with Gasteiger partial charge in [-0.15, -0.1) is 0 Å². The van der Waals surface area contributed by atoms with Gasteiger partial charge in [-0.05, 0) is 12.8 Å². The number of aliphatic hydroxyl groups is 1. The summed E-state index contributed by atoms with van der Waals surface area (Å²) in [7, 11) is 0. The Balaban J connectivity index is 2.03. The first-order valence-corrected chi connectivity index (χ1v) is 5.21. The SMILES string of the molecule is OCC1(C2OCCO2)CCCCC1. The maximum absolute atomic E-state index is 9.44. The zero-order valence-corrected chi connectivity index (χ0v) is 8.00. The van der Waals surface area contributed by atoms with Gasteiger partial charge in [-0.3, -0.25) is 0 Å². The van der Waals surface area contributed by atoms with Crippen LogP contribution < -0.4 is 0 Å². The van der Waals surface area contributed by atoms with Crippen molar-refractivity contribution in [1.29, 1.82) is 0 Å². The number of aliphatic hydroxyl groups excluding tert-OH is 1. The molecule has 0 aromatic heterocycles. The Hall–Kier alpha value is -0.120. The van der Waals surface area contributed by atoms with Crippen LogP contribution >= 0.6 is 0 Å². The zero-order chi connectivity index (χ0) is 9.15. The van der Waals surface area contributed by atoms with Crippen molar-refractivity contribution in [2.24, 2.45) is 5.41 Å². The predicted molar refractivity (Wildman–Crippen MR) is 48.3 cm³/mol. The van der Waals surface area contributed by atoms with Crippen molar-refractivity contribution in [2.75, 3.05) is 19.8 Å². The molecule has 1 heterocycles. The minimum absolute atomic E-state index is 0.0885. The summed E-state index contributed by atoms with van der Waals surface area (Å²) >= 11 is 0. The Bertz CT molecular complexity index is 158. The van der Waals surface area contributed by atoms with E-state index in [4.69, 9.17) is 9.47 Å². The van der Waals surface area contributed by atoms with Crippen LogP contribution in [0.1, 0.15) is 32.1 Å². The van der Waals surface area contributed by atoms with Crippen LogP contribution in [0.15, 0.2) is 0 Å². The molecular formula is C10H18O3. The first-order valence-electron chi connectivity index (χ1n) is 5.21. The predicted octanol–water partition coefficient (Wildman–Crippen LogP) is 1.30. The van der Waals surface area contributed by atoms with Gasteiger partial charge < -0.3 is 14.6 Å². The van der Waals surface area contributed by atoms with Gasteiger partial charge in [0, 0.05) is 5.41 Å². The number of hydrogen-bond donors (Lipinski definition) is 1. The summed E-state index contributed by atoms with van der Waals surface area (Å²) < 4.78 is 11.0. The van der Waals surface area contributed by atoms with Crippen LogP contribution in [0.4, 0.5) is 0 Å². The molecule has 1 saturated carbocycles. The highest BCUT2D eigenvalue weighted by Gasteiger charge is 2.42. The molecule has 1 saturated heterocycles. The van der Waals surface area contributed by atoms with E-state index in [2.05, 4.69) is 0 Å². The molecule has 0 aromatic carbocycles. The molecule has 2 rings (SSSR count). The number of ether oxygens (including phenoxy) is 2. The van der Waals surface area contributed by atoms with E-state index in [-0.39, 0.29) is 18.3 Å². The summed E-state index contributed by atoms with van der Waals surface area (Å²) in [6.07, 6.45) is 5.64. The van der Waals surface area contributed by atoms with Crippen LogP contribution in [0.2, 0.25) is 0 Å². The molecule has 1 N–H and O–H groups in total. The highest BCUT2D eigenvalue weighted by molar-refractivity contribution is 4.86. The summed E-state index contributed by atoms with van der Waals surface area (Å²) in [5, 5.41) is 9.44. The van der Waals surface area contributed by atoms with Crippen molar-refractivity contribution >= 4 is 0 Å². The van der Waals surface area contributed by atoms with E-state index in [9.17, 15) is 5.11 Å². The lowest BCUT2D eigenvalue weighted by Crippen LogP contribution is -2.41. The van der Waals surface area contributed by atoms with E-state index in [1.807, 2.05) is 0 Å². The van der Waals surface area contributed by atoms with E-state index in [1.54, 1.807) is 0 Å². The van der Waals surface area contributed by atoms with Gasteiger partial charge >= 0.3 is 0 Å². The topological polar surface area (TPSA) is 38.7 Å². The van der Waals surface area contributed by atoms with Crippen molar-refractivity contribution in [2.45, 2.75) is 38.4 Å². The molecule has 1 aliphatic heterocycles. The third kappa shape index (κ3) is 1.73. The van der Waals surface area contributed by atoms with Gasteiger partial charge in [0.2, 0.25) is 0 Å². The van der Waals surface area contributed by atoms with Crippen molar-refractivity contribution in [3.05, 3.63) is 0 Å². The first-order chi connectivity index (χ1) is 6.37. The van der Waals surface area contributed by atoms with Gasteiger partial charge in [-0.1, -0.05) is 19.3 Å². The minimum atomic E-state index is -0.141. The fraction of sp³-hybridized carbons (Fsp3) is 1.00. The molecule has 3 nitrogen and oxygen atoms in total. The van der Waals surface area contributed by atoms with Crippen LogP contribution in [0.25, 0.3) is 0 Å². The Kier molecular flexibility index (Phi) is 2.86. The van der Waals surface area contributed by atoms with Crippen LogP contribution in [0, 0.1) is 5.41 Å². The highest BCUT2D eigenvalue weighted by atomic mass is 16.7. The monoisotopic (exact) mass is 186 g/mol. The summed E-state index contributed by atoms with van der Waals surface area (Å²) in [6, 6.07) is 0. The van der Waals surface area contributed by atoms with Crippen LogP contribution in [-0.2, 0) is 9.47 Å². The average Bonchev–Trinajstić information content (AvgIpc) is 2.72. The molecule has 0 amide bonds. The van der Waals surface area contributed by atoms with Crippen LogP contribution in [0.3, 0.4) is 0 Å². The fourth-order valence-corrected chi connectivity index (χ4v) is 2.44. The molecule has 0 radical (unpaired) electrons. The molecule has 0 bridgehead atoms. The van der Waals surface area contributed by atoms with E-state index in [1.165, 1.54) is 19.3 Å². The molecular weight excluding hydrogens is 168 g/mol. The Morgan fingerprint density at radius 2 is 1.69 bits per heavy atom. The molecule has 3 heteroatoms. The van der Waals surface area contributed by atoms with Crippen LogP contribution in [-0.4, -0.2) is 31.2 Å². The van der Waals surface area contributed by atoms with Crippen molar-refractivity contribution in [1.82, 2.24) is 0 Å². The largest absolute Gasteiger partial charge is 0.396 e. The molecule has 0 spiro atoms. The van der Waals surface area contributed by atoms with Gasteiger partial charge in [0.25, 0.3) is 0 Å². The second-order valence-electron chi connectivity index (χ2n) is 4.15. The standard InChI is InChI=1S/C10H18O3/c11-8-10(4-2-1-3-5-10)9-12-6-7-13-9/h9,11H,1-8H2. The third-order valence-corrected chi connectivity index (χ3v) is 3.29. The molecule has 0 unspecified atom stereocenters. The van der Waals surface area contributed by atoms with Gasteiger partial charge in [-0.2, -0.15) is 0 Å². The Morgan fingerprint density at radius 3 is 2.23 bits per heavy atom. The van der Waals surface area contributed by atoms with Gasteiger partial charge in [-0.25, -0.2) is 0 Å². The molecule has 2 aliphatic rings. The summed E-state index contributed by atoms with van der Waals surface area (Å²) in [5.41, 5.74) is -0.0885. The Labute approximate surface area is 79.0 Å². The molecule has 0 atom stereocenters. The first kappa shape index (κ1) is 9.44. The zero-order valence-electron chi connectivity index (χ0n) is 8.00. The lowest BCUT2D eigenvalue weighted by atomic mass is 9.74. The molecule has 1 aliphatic carbocycles. The molecule has 2 fully saturated rings. The van der Waals surface area contributed by atoms with Gasteiger partial charge in [0.1, 0.15) is 0 Å². The second kappa shape index (κ2) is 3.95. The summed E-state index contributed by atoms with van der Waals surface area (Å²) in [6.45, 7) is 1.58. The van der Waals surface area contributed by atoms with Gasteiger partial charge in [0.15, 0.2) is 6.29 Å². The quantitative estimate of drug-likeness (QED) is 0.706. The average molecular weight is 186 g/mol. The molecule has 0 aromatic rings.